The summed E-state index contributed by atoms with van der Waals surface area (Å²) in [6.07, 6.45) is 0. The summed E-state index contributed by atoms with van der Waals surface area (Å²) < 4.78 is 4.82. The lowest BCUT2D eigenvalue weighted by atomic mass is 9.93. The van der Waals surface area contributed by atoms with Gasteiger partial charge < -0.3 is 9.13 Å². The fraction of sp³-hybridized carbons (Fsp3) is 0. The van der Waals surface area contributed by atoms with Crippen LogP contribution in [-0.2, 0) is 0 Å². The maximum Gasteiger partial charge on any atom is 0.0547 e. The Hall–Kier alpha value is -7.42. The highest BCUT2D eigenvalue weighted by molar-refractivity contribution is 6.12. The third kappa shape index (κ3) is 5.34. The second-order valence-electron chi connectivity index (χ2n) is 14.6. The first-order chi connectivity index (χ1) is 27.8. The highest BCUT2D eigenvalue weighted by atomic mass is 15.0. The van der Waals surface area contributed by atoms with Crippen LogP contribution in [0.1, 0.15) is 0 Å². The van der Waals surface area contributed by atoms with E-state index in [0.29, 0.717) is 0 Å². The number of aromatic nitrogens is 2. The van der Waals surface area contributed by atoms with Crippen molar-refractivity contribution in [3.63, 3.8) is 0 Å². The Morgan fingerprint density at radius 3 is 1.29 bits per heavy atom. The molecule has 0 bridgehead atoms. The molecule has 0 atom stereocenters. The van der Waals surface area contributed by atoms with Crippen molar-refractivity contribution in [1.29, 1.82) is 0 Å². The molecule has 0 amide bonds. The third-order valence-electron chi connectivity index (χ3n) is 11.3. The molecule has 0 spiro atoms. The first-order valence-corrected chi connectivity index (χ1v) is 19.3. The molecule has 9 aromatic carbocycles. The zero-order chi connectivity index (χ0) is 37.0. The maximum atomic E-state index is 2.44. The Kier molecular flexibility index (Phi) is 7.53. The quantitative estimate of drug-likeness (QED) is 0.162. The van der Waals surface area contributed by atoms with Crippen molar-refractivity contribution in [1.82, 2.24) is 9.13 Å². The van der Waals surface area contributed by atoms with Gasteiger partial charge in [-0.05, 0) is 117 Å². The van der Waals surface area contributed by atoms with Crippen LogP contribution in [0.4, 0.5) is 0 Å². The van der Waals surface area contributed by atoms with Crippen LogP contribution in [0.3, 0.4) is 0 Å². The second kappa shape index (κ2) is 13.2. The van der Waals surface area contributed by atoms with Crippen molar-refractivity contribution >= 4 is 43.6 Å². The summed E-state index contributed by atoms with van der Waals surface area (Å²) in [6, 6.07) is 79.5. The molecule has 0 fully saturated rings. The number of benzene rings is 9. The van der Waals surface area contributed by atoms with Gasteiger partial charge in [0.15, 0.2) is 0 Å². The normalized spacial score (nSPS) is 11.6. The van der Waals surface area contributed by atoms with Gasteiger partial charge in [-0.2, -0.15) is 0 Å². The van der Waals surface area contributed by atoms with E-state index in [9.17, 15) is 0 Å². The summed E-state index contributed by atoms with van der Waals surface area (Å²) >= 11 is 0. The SMILES string of the molecule is c1ccc(-c2cc(-c3ccccc3)cc(-c3cccc(-n4c5ccccc5c5ccc(-c6ccc7c(c6)c6ccccc6n7-c6ccccc6)cc54)c3)c2)cc1. The number of nitrogens with zero attached hydrogens (tertiary/aromatic N) is 2. The van der Waals surface area contributed by atoms with E-state index in [2.05, 4.69) is 228 Å². The van der Waals surface area contributed by atoms with Crippen molar-refractivity contribution in [2.24, 2.45) is 0 Å². The van der Waals surface area contributed by atoms with E-state index in [1.54, 1.807) is 0 Å². The van der Waals surface area contributed by atoms with Gasteiger partial charge in [0.05, 0.1) is 22.1 Å². The van der Waals surface area contributed by atoms with Crippen LogP contribution in [0, 0.1) is 0 Å². The van der Waals surface area contributed by atoms with Gasteiger partial charge in [-0.25, -0.2) is 0 Å². The van der Waals surface area contributed by atoms with E-state index in [1.807, 2.05) is 0 Å². The Morgan fingerprint density at radius 2 is 0.625 bits per heavy atom. The lowest BCUT2D eigenvalue weighted by Crippen LogP contribution is -1.95. The molecule has 0 aliphatic rings. The van der Waals surface area contributed by atoms with Crippen molar-refractivity contribution in [3.8, 4) is 55.9 Å². The molecule has 0 N–H and O–H groups in total. The molecular formula is C54H36N2. The minimum atomic E-state index is 1.14. The average Bonchev–Trinajstić information content (AvgIpc) is 3.79. The largest absolute Gasteiger partial charge is 0.309 e. The van der Waals surface area contributed by atoms with E-state index >= 15 is 0 Å². The van der Waals surface area contributed by atoms with Crippen LogP contribution in [0.15, 0.2) is 218 Å². The molecule has 0 aliphatic heterocycles. The van der Waals surface area contributed by atoms with Crippen molar-refractivity contribution in [2.45, 2.75) is 0 Å². The molecule has 0 radical (unpaired) electrons. The van der Waals surface area contributed by atoms with Gasteiger partial charge in [-0.1, -0.05) is 146 Å². The van der Waals surface area contributed by atoms with Gasteiger partial charge in [-0.15, -0.1) is 0 Å². The number of fused-ring (bicyclic) bond motifs is 6. The summed E-state index contributed by atoms with van der Waals surface area (Å²) in [7, 11) is 0. The lowest BCUT2D eigenvalue weighted by Gasteiger charge is -2.14. The average molecular weight is 713 g/mol. The lowest BCUT2D eigenvalue weighted by molar-refractivity contribution is 1.18. The molecule has 0 saturated heterocycles. The van der Waals surface area contributed by atoms with Crippen LogP contribution >= 0.6 is 0 Å². The van der Waals surface area contributed by atoms with Crippen LogP contribution in [0.25, 0.3) is 99.5 Å². The Bertz CT molecular complexity index is 3170. The second-order valence-corrected chi connectivity index (χ2v) is 14.6. The fourth-order valence-electron chi connectivity index (χ4n) is 8.65. The van der Waals surface area contributed by atoms with E-state index in [4.69, 9.17) is 0 Å². The van der Waals surface area contributed by atoms with Gasteiger partial charge in [0.2, 0.25) is 0 Å². The topological polar surface area (TPSA) is 9.86 Å². The number of hydrogen-bond donors (Lipinski definition) is 0. The molecule has 11 rings (SSSR count). The standard InChI is InChI=1S/C54H36N2/c1-4-15-37(16-5-1)42-31-43(38-17-6-2-7-18-38)33-44(32-42)39-19-14-22-46(34-39)56-51-25-12-10-23-47(51)49-29-27-41(36-54(49)56)40-28-30-53-50(35-40)48-24-11-13-26-52(48)55(53)45-20-8-3-9-21-45/h1-36H. The predicted octanol–water partition coefficient (Wildman–Crippen LogP) is 14.5. The van der Waals surface area contributed by atoms with Crippen molar-refractivity contribution in [2.75, 3.05) is 0 Å². The maximum absolute atomic E-state index is 2.44. The van der Waals surface area contributed by atoms with Crippen LogP contribution in [0.2, 0.25) is 0 Å². The van der Waals surface area contributed by atoms with Gasteiger partial charge in [0.1, 0.15) is 0 Å². The molecule has 262 valence electrons. The van der Waals surface area contributed by atoms with E-state index in [-0.39, 0.29) is 0 Å². The summed E-state index contributed by atoms with van der Waals surface area (Å²) in [5.41, 5.74) is 16.7. The first-order valence-electron chi connectivity index (χ1n) is 19.3. The monoisotopic (exact) mass is 712 g/mol. The molecule has 56 heavy (non-hydrogen) atoms. The van der Waals surface area contributed by atoms with Crippen LogP contribution in [0.5, 0.6) is 0 Å². The number of para-hydroxylation sites is 3. The minimum Gasteiger partial charge on any atom is -0.309 e. The Morgan fingerprint density at radius 1 is 0.196 bits per heavy atom. The van der Waals surface area contributed by atoms with Crippen molar-refractivity contribution < 1.29 is 0 Å². The molecule has 2 heteroatoms. The highest BCUT2D eigenvalue weighted by Crippen LogP contribution is 2.39. The van der Waals surface area contributed by atoms with Gasteiger partial charge in [0.25, 0.3) is 0 Å². The summed E-state index contributed by atoms with van der Waals surface area (Å²) in [4.78, 5) is 0. The molecule has 2 heterocycles. The van der Waals surface area contributed by atoms with Gasteiger partial charge in [0, 0.05) is 32.9 Å². The number of rotatable bonds is 6. The van der Waals surface area contributed by atoms with Gasteiger partial charge in [-0.3, -0.25) is 0 Å². The van der Waals surface area contributed by atoms with Crippen molar-refractivity contribution in [3.05, 3.63) is 218 Å². The van der Waals surface area contributed by atoms with E-state index < -0.39 is 0 Å². The fourth-order valence-corrected chi connectivity index (χ4v) is 8.65. The molecule has 0 saturated carbocycles. The molecule has 0 unspecified atom stereocenters. The predicted molar refractivity (Wildman–Crippen MR) is 237 cm³/mol. The zero-order valence-electron chi connectivity index (χ0n) is 30.7. The third-order valence-corrected chi connectivity index (χ3v) is 11.3. The molecule has 11 aromatic rings. The molecular weight excluding hydrogens is 677 g/mol. The minimum absolute atomic E-state index is 1.14. The van der Waals surface area contributed by atoms with Crippen LogP contribution < -0.4 is 0 Å². The van der Waals surface area contributed by atoms with Gasteiger partial charge >= 0.3 is 0 Å². The smallest absolute Gasteiger partial charge is 0.0547 e. The van der Waals surface area contributed by atoms with Crippen LogP contribution in [-0.4, -0.2) is 9.13 Å². The van der Waals surface area contributed by atoms with E-state index in [0.717, 1.165) is 5.69 Å². The summed E-state index contributed by atoms with van der Waals surface area (Å²) in [5.74, 6) is 0. The zero-order valence-corrected chi connectivity index (χ0v) is 30.7. The highest BCUT2D eigenvalue weighted by Gasteiger charge is 2.17. The molecule has 0 aliphatic carbocycles. The summed E-state index contributed by atoms with van der Waals surface area (Å²) in [5, 5.41) is 5.00. The summed E-state index contributed by atoms with van der Waals surface area (Å²) in [6.45, 7) is 0. The Labute approximate surface area is 325 Å². The Balaban J connectivity index is 1.08. The molecule has 2 aromatic heterocycles. The molecule has 2 nitrogen and oxygen atoms in total. The van der Waals surface area contributed by atoms with E-state index in [1.165, 1.54) is 93.8 Å². The first kappa shape index (κ1) is 32.0. The number of hydrogen-bond acceptors (Lipinski definition) is 0.